The number of amides is 1. The van der Waals surface area contributed by atoms with Gasteiger partial charge in [-0.2, -0.15) is 5.10 Å². The molecular formula is C14H12BrN3O4S. The molecule has 120 valence electrons. The SMILES string of the molecule is C[C@@H](Oc1ccccc1Br)C(=O)N/N=C\c1ccc([N+](=O)[O-])s1. The highest BCUT2D eigenvalue weighted by molar-refractivity contribution is 9.10. The lowest BCUT2D eigenvalue weighted by molar-refractivity contribution is -0.380. The van der Waals surface area contributed by atoms with Crippen LogP contribution < -0.4 is 10.2 Å². The Bertz CT molecular complexity index is 747. The number of nitro groups is 1. The minimum Gasteiger partial charge on any atom is -0.480 e. The molecule has 1 amide bonds. The molecule has 7 nitrogen and oxygen atoms in total. The van der Waals surface area contributed by atoms with Crippen molar-refractivity contribution in [1.82, 2.24) is 5.43 Å². The van der Waals surface area contributed by atoms with E-state index in [9.17, 15) is 14.9 Å². The normalized spacial score (nSPS) is 12.1. The lowest BCUT2D eigenvalue weighted by Crippen LogP contribution is -2.33. The smallest absolute Gasteiger partial charge is 0.324 e. The third-order valence-corrected chi connectivity index (χ3v) is 4.30. The van der Waals surface area contributed by atoms with E-state index in [-0.39, 0.29) is 5.00 Å². The van der Waals surface area contributed by atoms with Crippen molar-refractivity contribution in [1.29, 1.82) is 0 Å². The van der Waals surface area contributed by atoms with E-state index in [0.717, 1.165) is 15.8 Å². The molecule has 0 radical (unpaired) electrons. The molecule has 0 fully saturated rings. The van der Waals surface area contributed by atoms with Gasteiger partial charge in [-0.1, -0.05) is 23.5 Å². The second-order valence-corrected chi connectivity index (χ2v) is 6.31. The summed E-state index contributed by atoms with van der Waals surface area (Å²) in [6.07, 6.45) is 0.601. The number of hydrogen-bond acceptors (Lipinski definition) is 6. The number of hydrogen-bond donors (Lipinski definition) is 1. The number of carbonyl (C=O) groups excluding carboxylic acids is 1. The van der Waals surface area contributed by atoms with Crippen molar-refractivity contribution in [2.45, 2.75) is 13.0 Å². The molecule has 2 rings (SSSR count). The van der Waals surface area contributed by atoms with Gasteiger partial charge in [0.2, 0.25) is 0 Å². The summed E-state index contributed by atoms with van der Waals surface area (Å²) in [5.41, 5.74) is 2.34. The van der Waals surface area contributed by atoms with Crippen molar-refractivity contribution in [3.05, 3.63) is 55.9 Å². The van der Waals surface area contributed by atoms with Gasteiger partial charge in [-0.25, -0.2) is 5.43 Å². The Morgan fingerprint density at radius 3 is 2.83 bits per heavy atom. The Balaban J connectivity index is 1.89. The van der Waals surface area contributed by atoms with Crippen molar-refractivity contribution in [2.24, 2.45) is 5.10 Å². The van der Waals surface area contributed by atoms with Gasteiger partial charge in [0, 0.05) is 6.07 Å². The van der Waals surface area contributed by atoms with Gasteiger partial charge in [0.1, 0.15) is 5.75 Å². The topological polar surface area (TPSA) is 93.8 Å². The average Bonchev–Trinajstić information content (AvgIpc) is 2.98. The molecule has 1 heterocycles. The highest BCUT2D eigenvalue weighted by Crippen LogP contribution is 2.25. The van der Waals surface area contributed by atoms with E-state index in [1.54, 1.807) is 25.1 Å². The van der Waals surface area contributed by atoms with E-state index in [4.69, 9.17) is 4.74 Å². The molecule has 0 saturated heterocycles. The van der Waals surface area contributed by atoms with Crippen LogP contribution in [-0.4, -0.2) is 23.1 Å². The number of halogens is 1. The van der Waals surface area contributed by atoms with Crippen LogP contribution in [0.2, 0.25) is 0 Å². The number of carbonyl (C=O) groups is 1. The second kappa shape index (κ2) is 7.84. The van der Waals surface area contributed by atoms with Gasteiger partial charge in [-0.15, -0.1) is 0 Å². The number of benzene rings is 1. The molecule has 1 N–H and O–H groups in total. The van der Waals surface area contributed by atoms with Crippen LogP contribution in [0.3, 0.4) is 0 Å². The predicted molar refractivity (Wildman–Crippen MR) is 90.9 cm³/mol. The third-order valence-electron chi connectivity index (χ3n) is 2.67. The summed E-state index contributed by atoms with van der Waals surface area (Å²) < 4.78 is 6.27. The number of para-hydroxylation sites is 1. The predicted octanol–water partition coefficient (Wildman–Crippen LogP) is 3.34. The zero-order chi connectivity index (χ0) is 16.8. The lowest BCUT2D eigenvalue weighted by atomic mass is 10.3. The number of nitrogens with one attached hydrogen (secondary N) is 1. The summed E-state index contributed by atoms with van der Waals surface area (Å²) in [5.74, 6) is 0.121. The summed E-state index contributed by atoms with van der Waals surface area (Å²) in [5, 5.41) is 14.4. The second-order valence-electron chi connectivity index (χ2n) is 4.36. The molecule has 0 aliphatic carbocycles. The van der Waals surface area contributed by atoms with Gasteiger partial charge in [0.15, 0.2) is 6.10 Å². The van der Waals surface area contributed by atoms with Crippen LogP contribution in [0.25, 0.3) is 0 Å². The molecule has 0 unspecified atom stereocenters. The number of hydrazone groups is 1. The van der Waals surface area contributed by atoms with Gasteiger partial charge in [-0.05, 0) is 41.1 Å². The summed E-state index contributed by atoms with van der Waals surface area (Å²) in [6.45, 7) is 1.60. The van der Waals surface area contributed by atoms with Crippen LogP contribution in [0.15, 0.2) is 46.0 Å². The molecule has 2 aromatic rings. The first-order valence-corrected chi connectivity index (χ1v) is 8.06. The Labute approximate surface area is 144 Å². The van der Waals surface area contributed by atoms with Crippen LogP contribution in [0.4, 0.5) is 5.00 Å². The molecule has 1 aromatic heterocycles. The van der Waals surface area contributed by atoms with E-state index < -0.39 is 16.9 Å². The molecule has 0 aliphatic heterocycles. The van der Waals surface area contributed by atoms with Gasteiger partial charge in [0.25, 0.3) is 5.91 Å². The number of thiophene rings is 1. The van der Waals surface area contributed by atoms with Crippen LogP contribution in [-0.2, 0) is 4.79 Å². The van der Waals surface area contributed by atoms with Gasteiger partial charge >= 0.3 is 5.00 Å². The highest BCUT2D eigenvalue weighted by atomic mass is 79.9. The van der Waals surface area contributed by atoms with Gasteiger partial charge in [-0.3, -0.25) is 14.9 Å². The Morgan fingerprint density at radius 1 is 1.43 bits per heavy atom. The van der Waals surface area contributed by atoms with Gasteiger partial charge < -0.3 is 4.74 Å². The van der Waals surface area contributed by atoms with Crippen LogP contribution >= 0.6 is 27.3 Å². The number of ether oxygens (including phenoxy) is 1. The molecule has 9 heteroatoms. The Kier molecular flexibility index (Phi) is 5.83. The Hall–Kier alpha value is -2.26. The number of nitrogens with zero attached hydrogens (tertiary/aromatic N) is 2. The lowest BCUT2D eigenvalue weighted by Gasteiger charge is -2.13. The maximum atomic E-state index is 11.9. The fourth-order valence-electron chi connectivity index (χ4n) is 1.54. The van der Waals surface area contributed by atoms with E-state index >= 15 is 0 Å². The van der Waals surface area contributed by atoms with Crippen molar-refractivity contribution in [3.63, 3.8) is 0 Å². The van der Waals surface area contributed by atoms with Crippen LogP contribution in [0.5, 0.6) is 5.75 Å². The Morgan fingerprint density at radius 2 is 2.17 bits per heavy atom. The largest absolute Gasteiger partial charge is 0.480 e. The minimum atomic E-state index is -0.747. The zero-order valence-electron chi connectivity index (χ0n) is 11.9. The minimum absolute atomic E-state index is 0.0170. The van der Waals surface area contributed by atoms with Crippen molar-refractivity contribution >= 4 is 44.4 Å². The van der Waals surface area contributed by atoms with Crippen LogP contribution in [0, 0.1) is 10.1 Å². The fourth-order valence-corrected chi connectivity index (χ4v) is 2.62. The first-order chi connectivity index (χ1) is 11.0. The maximum Gasteiger partial charge on any atom is 0.324 e. The summed E-state index contributed by atoms with van der Waals surface area (Å²) in [4.78, 5) is 22.5. The van der Waals surface area contributed by atoms with E-state index in [2.05, 4.69) is 26.5 Å². The molecule has 23 heavy (non-hydrogen) atoms. The van der Waals surface area contributed by atoms with E-state index in [1.807, 2.05) is 12.1 Å². The summed E-state index contributed by atoms with van der Waals surface area (Å²) in [6, 6.07) is 10.1. The summed E-state index contributed by atoms with van der Waals surface area (Å²) in [7, 11) is 0. The maximum absolute atomic E-state index is 11.9. The molecule has 0 bridgehead atoms. The molecule has 0 saturated carbocycles. The van der Waals surface area contributed by atoms with Crippen LogP contribution in [0.1, 0.15) is 11.8 Å². The number of rotatable bonds is 6. The van der Waals surface area contributed by atoms with Crippen molar-refractivity contribution < 1.29 is 14.5 Å². The molecule has 1 atom stereocenters. The molecule has 0 spiro atoms. The van der Waals surface area contributed by atoms with Crippen molar-refractivity contribution in [3.8, 4) is 5.75 Å². The average molecular weight is 398 g/mol. The quantitative estimate of drug-likeness (QED) is 0.459. The third kappa shape index (κ3) is 4.86. The highest BCUT2D eigenvalue weighted by Gasteiger charge is 2.15. The molecular weight excluding hydrogens is 386 g/mol. The summed E-state index contributed by atoms with van der Waals surface area (Å²) >= 11 is 4.30. The van der Waals surface area contributed by atoms with E-state index in [1.165, 1.54) is 12.3 Å². The zero-order valence-corrected chi connectivity index (χ0v) is 14.3. The first kappa shape index (κ1) is 17.1. The monoisotopic (exact) mass is 397 g/mol. The van der Waals surface area contributed by atoms with Gasteiger partial charge in [0.05, 0.1) is 20.5 Å². The molecule has 0 aliphatic rings. The molecule has 1 aromatic carbocycles. The standard InChI is InChI=1S/C14H12BrN3O4S/c1-9(22-12-5-3-2-4-11(12)15)14(19)17-16-8-10-6-7-13(23-10)18(20)21/h2-9H,1H3,(H,17,19)/b16-8-/t9-/m1/s1. The van der Waals surface area contributed by atoms with Crippen molar-refractivity contribution in [2.75, 3.05) is 0 Å². The first-order valence-electron chi connectivity index (χ1n) is 6.45. The fraction of sp³-hybridized carbons (Fsp3) is 0.143. The van der Waals surface area contributed by atoms with E-state index in [0.29, 0.717) is 10.6 Å².